The Hall–Kier alpha value is -3.35. The minimum absolute atomic E-state index is 0.0700. The fraction of sp³-hybridized carbons (Fsp3) is 0.231. The molecule has 4 rings (SSSR count). The Morgan fingerprint density at radius 1 is 0.970 bits per heavy atom. The highest BCUT2D eigenvalue weighted by molar-refractivity contribution is 6.30. The van der Waals surface area contributed by atoms with Crippen molar-refractivity contribution < 1.29 is 24.2 Å². The highest BCUT2D eigenvalue weighted by Gasteiger charge is 2.34. The normalized spacial score (nSPS) is 15.1. The molecule has 170 valence electrons. The van der Waals surface area contributed by atoms with E-state index in [2.05, 4.69) is 0 Å². The smallest absolute Gasteiger partial charge is 0.341 e. The summed E-state index contributed by atoms with van der Waals surface area (Å²) in [7, 11) is 0. The second-order valence-corrected chi connectivity index (χ2v) is 8.22. The maximum atomic E-state index is 13.3. The van der Waals surface area contributed by atoms with Crippen LogP contribution < -0.4 is 4.74 Å². The number of amides is 1. The standard InChI is InChI=1S/C26H24ClNO5/c27-20-10-11-23(33-17-25(30)31)22(14-20)26-21-9-5-4-8-19(21)12-13-28(26)24(29)16-32-15-18-6-2-1-3-7-18/h1-11,14,26H,12-13,15-17H2,(H,30,31). The molecule has 1 aliphatic rings. The van der Waals surface area contributed by atoms with Crippen LogP contribution in [0.3, 0.4) is 0 Å². The van der Waals surface area contributed by atoms with Gasteiger partial charge in [0.2, 0.25) is 5.91 Å². The molecule has 1 atom stereocenters. The average molecular weight is 466 g/mol. The van der Waals surface area contributed by atoms with Crippen molar-refractivity contribution in [2.75, 3.05) is 19.8 Å². The van der Waals surface area contributed by atoms with E-state index in [0.717, 1.165) is 16.7 Å². The van der Waals surface area contributed by atoms with E-state index < -0.39 is 18.6 Å². The molecule has 1 unspecified atom stereocenters. The largest absolute Gasteiger partial charge is 0.482 e. The summed E-state index contributed by atoms with van der Waals surface area (Å²) in [6.45, 7) is 0.280. The molecule has 0 aliphatic carbocycles. The van der Waals surface area contributed by atoms with E-state index in [1.807, 2.05) is 54.6 Å². The van der Waals surface area contributed by atoms with Gasteiger partial charge < -0.3 is 19.5 Å². The van der Waals surface area contributed by atoms with E-state index in [1.54, 1.807) is 23.1 Å². The zero-order chi connectivity index (χ0) is 23.2. The molecule has 7 heteroatoms. The molecule has 6 nitrogen and oxygen atoms in total. The minimum atomic E-state index is -1.08. The molecule has 0 saturated heterocycles. The fourth-order valence-corrected chi connectivity index (χ4v) is 4.27. The molecular formula is C26H24ClNO5. The van der Waals surface area contributed by atoms with Crippen LogP contribution >= 0.6 is 11.6 Å². The Kier molecular flexibility index (Phi) is 7.27. The Morgan fingerprint density at radius 2 is 1.73 bits per heavy atom. The molecule has 1 N–H and O–H groups in total. The van der Waals surface area contributed by atoms with Gasteiger partial charge in [-0.3, -0.25) is 4.79 Å². The Labute approximate surface area is 197 Å². The molecule has 0 aromatic heterocycles. The predicted molar refractivity (Wildman–Crippen MR) is 124 cm³/mol. The minimum Gasteiger partial charge on any atom is -0.482 e. The van der Waals surface area contributed by atoms with Crippen molar-refractivity contribution in [3.63, 3.8) is 0 Å². The third kappa shape index (κ3) is 5.53. The van der Waals surface area contributed by atoms with Crippen molar-refractivity contribution in [2.24, 2.45) is 0 Å². The van der Waals surface area contributed by atoms with Gasteiger partial charge in [0.15, 0.2) is 6.61 Å². The number of aliphatic carboxylic acids is 1. The van der Waals surface area contributed by atoms with Crippen LogP contribution in [0, 0.1) is 0 Å². The Morgan fingerprint density at radius 3 is 2.52 bits per heavy atom. The molecule has 33 heavy (non-hydrogen) atoms. The van der Waals surface area contributed by atoms with Gasteiger partial charge in [-0.2, -0.15) is 0 Å². The number of halogens is 1. The van der Waals surface area contributed by atoms with Gasteiger partial charge in [0, 0.05) is 17.1 Å². The van der Waals surface area contributed by atoms with Crippen LogP contribution in [0.25, 0.3) is 0 Å². The molecule has 1 heterocycles. The van der Waals surface area contributed by atoms with Crippen LogP contribution in [0.2, 0.25) is 5.02 Å². The number of benzene rings is 3. The number of fused-ring (bicyclic) bond motifs is 1. The molecular weight excluding hydrogens is 442 g/mol. The van der Waals surface area contributed by atoms with Gasteiger partial charge in [-0.1, -0.05) is 66.2 Å². The van der Waals surface area contributed by atoms with Crippen molar-refractivity contribution in [3.05, 3.63) is 100 Å². The van der Waals surface area contributed by atoms with Crippen LogP contribution in [-0.2, 0) is 27.4 Å². The molecule has 0 fully saturated rings. The van der Waals surface area contributed by atoms with Gasteiger partial charge in [0.1, 0.15) is 12.4 Å². The fourth-order valence-electron chi connectivity index (χ4n) is 4.09. The van der Waals surface area contributed by atoms with Crippen LogP contribution in [0.15, 0.2) is 72.8 Å². The summed E-state index contributed by atoms with van der Waals surface area (Å²) in [6.07, 6.45) is 0.711. The third-order valence-electron chi connectivity index (χ3n) is 5.56. The van der Waals surface area contributed by atoms with Crippen LogP contribution in [-0.4, -0.2) is 41.6 Å². The van der Waals surface area contributed by atoms with E-state index in [0.29, 0.717) is 35.9 Å². The average Bonchev–Trinajstić information content (AvgIpc) is 2.83. The number of carboxylic acid groups (broad SMARTS) is 1. The molecule has 0 radical (unpaired) electrons. The Balaban J connectivity index is 1.63. The molecule has 3 aromatic rings. The monoisotopic (exact) mass is 465 g/mol. The number of hydrogen-bond donors (Lipinski definition) is 1. The number of carbonyl (C=O) groups excluding carboxylic acids is 1. The molecule has 1 amide bonds. The summed E-state index contributed by atoms with van der Waals surface area (Å²) in [5.74, 6) is -0.858. The lowest BCUT2D eigenvalue weighted by atomic mass is 9.87. The van der Waals surface area contributed by atoms with Gasteiger partial charge in [0.25, 0.3) is 0 Å². The molecule has 3 aromatic carbocycles. The highest BCUT2D eigenvalue weighted by Crippen LogP contribution is 2.40. The summed E-state index contributed by atoms with van der Waals surface area (Å²) >= 11 is 6.30. The summed E-state index contributed by atoms with van der Waals surface area (Å²) in [4.78, 5) is 26.1. The maximum Gasteiger partial charge on any atom is 0.341 e. The number of hydrogen-bond acceptors (Lipinski definition) is 4. The van der Waals surface area contributed by atoms with E-state index in [1.165, 1.54) is 0 Å². The lowest BCUT2D eigenvalue weighted by Gasteiger charge is -2.38. The second kappa shape index (κ2) is 10.5. The SMILES string of the molecule is O=C(O)COc1ccc(Cl)cc1C1c2ccccc2CCN1C(=O)COCc1ccccc1. The molecule has 0 spiro atoms. The number of ether oxygens (including phenoxy) is 2. The first kappa shape index (κ1) is 22.8. The van der Waals surface area contributed by atoms with Crippen LogP contribution in [0.1, 0.15) is 28.3 Å². The van der Waals surface area contributed by atoms with E-state index in [4.69, 9.17) is 26.2 Å². The predicted octanol–water partition coefficient (Wildman–Crippen LogP) is 4.49. The van der Waals surface area contributed by atoms with Crippen molar-refractivity contribution in [1.82, 2.24) is 4.90 Å². The summed E-state index contributed by atoms with van der Waals surface area (Å²) in [5.41, 5.74) is 3.72. The number of rotatable bonds is 8. The first-order chi connectivity index (χ1) is 16.0. The molecule has 1 aliphatic heterocycles. The Bertz CT molecular complexity index is 1130. The maximum absolute atomic E-state index is 13.3. The molecule has 0 saturated carbocycles. The lowest BCUT2D eigenvalue weighted by molar-refractivity contribution is -0.140. The quantitative estimate of drug-likeness (QED) is 0.530. The zero-order valence-electron chi connectivity index (χ0n) is 17.9. The van der Waals surface area contributed by atoms with Crippen LogP contribution in [0.4, 0.5) is 0 Å². The summed E-state index contributed by atoms with van der Waals surface area (Å²) in [6, 6.07) is 22.1. The topological polar surface area (TPSA) is 76.1 Å². The van der Waals surface area contributed by atoms with Gasteiger partial charge in [-0.05, 0) is 41.3 Å². The lowest BCUT2D eigenvalue weighted by Crippen LogP contribution is -2.42. The number of carbonyl (C=O) groups is 2. The van der Waals surface area contributed by atoms with Gasteiger partial charge in [-0.15, -0.1) is 0 Å². The van der Waals surface area contributed by atoms with Crippen molar-refractivity contribution in [1.29, 1.82) is 0 Å². The highest BCUT2D eigenvalue weighted by atomic mass is 35.5. The number of carboxylic acids is 1. The second-order valence-electron chi connectivity index (χ2n) is 7.78. The summed E-state index contributed by atoms with van der Waals surface area (Å²) < 4.78 is 11.3. The van der Waals surface area contributed by atoms with Crippen molar-refractivity contribution in [3.8, 4) is 5.75 Å². The zero-order valence-corrected chi connectivity index (χ0v) is 18.7. The summed E-state index contributed by atoms with van der Waals surface area (Å²) in [5, 5.41) is 9.56. The van der Waals surface area contributed by atoms with Gasteiger partial charge >= 0.3 is 5.97 Å². The first-order valence-corrected chi connectivity index (χ1v) is 11.0. The van der Waals surface area contributed by atoms with E-state index in [9.17, 15) is 9.59 Å². The van der Waals surface area contributed by atoms with Crippen LogP contribution in [0.5, 0.6) is 5.75 Å². The van der Waals surface area contributed by atoms with Gasteiger partial charge in [-0.25, -0.2) is 4.79 Å². The van der Waals surface area contributed by atoms with Crippen molar-refractivity contribution >= 4 is 23.5 Å². The molecule has 0 bridgehead atoms. The van der Waals surface area contributed by atoms with E-state index >= 15 is 0 Å². The first-order valence-electron chi connectivity index (χ1n) is 10.7. The van der Waals surface area contributed by atoms with Gasteiger partial charge in [0.05, 0.1) is 12.6 Å². The third-order valence-corrected chi connectivity index (χ3v) is 5.79. The number of nitrogens with zero attached hydrogens (tertiary/aromatic N) is 1. The van der Waals surface area contributed by atoms with E-state index in [-0.39, 0.29) is 12.5 Å². The van der Waals surface area contributed by atoms with Crippen molar-refractivity contribution in [2.45, 2.75) is 19.1 Å².